The number of hydrogen-bond donors (Lipinski definition) is 2. The minimum Gasteiger partial charge on any atom is -0.478 e. The summed E-state index contributed by atoms with van der Waals surface area (Å²) >= 11 is 0. The van der Waals surface area contributed by atoms with Gasteiger partial charge < -0.3 is 14.7 Å². The zero-order valence-electron chi connectivity index (χ0n) is 20.3. The lowest BCUT2D eigenvalue weighted by Crippen LogP contribution is -2.35. The van der Waals surface area contributed by atoms with Gasteiger partial charge >= 0.3 is 11.9 Å². The summed E-state index contributed by atoms with van der Waals surface area (Å²) in [6.07, 6.45) is 24.5. The lowest BCUT2D eigenvalue weighted by Gasteiger charge is -2.23. The van der Waals surface area contributed by atoms with Gasteiger partial charge in [0.15, 0.2) is 0 Å². The van der Waals surface area contributed by atoms with Gasteiger partial charge in [0.1, 0.15) is 0 Å². The summed E-state index contributed by atoms with van der Waals surface area (Å²) in [6.45, 7) is 3.63. The molecule has 0 saturated heterocycles. The maximum absolute atomic E-state index is 9.55. The van der Waals surface area contributed by atoms with Crippen LogP contribution in [0.4, 0.5) is 0 Å². The number of carboxylic acid groups (broad SMARTS) is 2. The minimum absolute atomic E-state index is 0.558. The fraction of sp³-hybridized carbons (Fsp3) is 0.840. The van der Waals surface area contributed by atoms with Gasteiger partial charge in [0.25, 0.3) is 0 Å². The Labute approximate surface area is 186 Å². The summed E-state index contributed by atoms with van der Waals surface area (Å²) in [5.41, 5.74) is 0. The molecule has 0 aromatic heterocycles. The van der Waals surface area contributed by atoms with E-state index in [1.165, 1.54) is 109 Å². The van der Waals surface area contributed by atoms with E-state index in [2.05, 4.69) is 28.1 Å². The van der Waals surface area contributed by atoms with Crippen molar-refractivity contribution in [1.29, 1.82) is 0 Å². The molecule has 0 radical (unpaired) electrons. The molecule has 0 aromatic rings. The number of quaternary nitrogens is 1. The highest BCUT2D eigenvalue weighted by atomic mass is 16.4. The molecule has 0 spiro atoms. The summed E-state index contributed by atoms with van der Waals surface area (Å²) in [7, 11) is 6.89. The van der Waals surface area contributed by atoms with Crippen molar-refractivity contribution < 1.29 is 24.3 Å². The van der Waals surface area contributed by atoms with E-state index in [4.69, 9.17) is 10.2 Å². The highest BCUT2D eigenvalue weighted by molar-refractivity contribution is 5.89. The van der Waals surface area contributed by atoms with Crippen LogP contribution in [0.2, 0.25) is 0 Å². The Morgan fingerprint density at radius 2 is 0.833 bits per heavy atom. The third-order valence-corrected chi connectivity index (χ3v) is 5.05. The number of carbonyl (C=O) groups is 2. The van der Waals surface area contributed by atoms with Crippen LogP contribution in [0.25, 0.3) is 0 Å². The average molecular weight is 429 g/mol. The Balaban J connectivity index is 0. The van der Waals surface area contributed by atoms with Crippen molar-refractivity contribution in [2.24, 2.45) is 0 Å². The number of unbranched alkanes of at least 4 members (excludes halogenated alkanes) is 15. The van der Waals surface area contributed by atoms with Crippen molar-refractivity contribution in [1.82, 2.24) is 0 Å². The topological polar surface area (TPSA) is 74.6 Å². The molecule has 5 heteroatoms. The first-order valence-electron chi connectivity index (χ1n) is 12.1. The lowest BCUT2D eigenvalue weighted by atomic mass is 10.0. The molecule has 0 bridgehead atoms. The minimum atomic E-state index is -1.26. The number of aliphatic carboxylic acids is 2. The van der Waals surface area contributed by atoms with Crippen molar-refractivity contribution in [2.45, 2.75) is 110 Å². The maximum atomic E-state index is 9.55. The van der Waals surface area contributed by atoms with Gasteiger partial charge in [-0.05, 0) is 12.8 Å². The van der Waals surface area contributed by atoms with E-state index in [9.17, 15) is 9.59 Å². The van der Waals surface area contributed by atoms with E-state index in [1.54, 1.807) is 0 Å². The SMILES string of the molecule is CCCCCCCCCCCCCCCCCC[N+](C)(C)C.O=C(O)/C=C/C(=O)O. The molecular weight excluding hydrogens is 378 g/mol. The number of nitrogens with zero attached hydrogens (tertiary/aromatic N) is 1. The van der Waals surface area contributed by atoms with Gasteiger partial charge in [-0.15, -0.1) is 0 Å². The molecular formula is C25H50NO4+. The molecule has 0 fully saturated rings. The Morgan fingerprint density at radius 1 is 0.567 bits per heavy atom. The third-order valence-electron chi connectivity index (χ3n) is 5.05. The summed E-state index contributed by atoms with van der Waals surface area (Å²) in [5.74, 6) is -2.51. The largest absolute Gasteiger partial charge is 0.478 e. The van der Waals surface area contributed by atoms with Gasteiger partial charge in [-0.3, -0.25) is 0 Å². The van der Waals surface area contributed by atoms with Gasteiger partial charge in [-0.1, -0.05) is 96.8 Å². The monoisotopic (exact) mass is 428 g/mol. The quantitative estimate of drug-likeness (QED) is 0.137. The third kappa shape index (κ3) is 34.2. The molecule has 0 rings (SSSR count). The van der Waals surface area contributed by atoms with E-state index >= 15 is 0 Å². The van der Waals surface area contributed by atoms with Gasteiger partial charge in [0.05, 0.1) is 27.7 Å². The lowest BCUT2D eigenvalue weighted by molar-refractivity contribution is -0.870. The number of carboxylic acids is 2. The number of hydrogen-bond acceptors (Lipinski definition) is 2. The molecule has 5 nitrogen and oxygen atoms in total. The Kier molecular flexibility index (Phi) is 22.9. The van der Waals surface area contributed by atoms with E-state index in [0.29, 0.717) is 12.2 Å². The summed E-state index contributed by atoms with van der Waals surface area (Å²) in [6, 6.07) is 0. The average Bonchev–Trinajstić information content (AvgIpc) is 2.65. The van der Waals surface area contributed by atoms with Crippen molar-refractivity contribution in [3.05, 3.63) is 12.2 Å². The van der Waals surface area contributed by atoms with Crippen LogP contribution in [0.3, 0.4) is 0 Å². The maximum Gasteiger partial charge on any atom is 0.328 e. The Hall–Kier alpha value is -1.36. The van der Waals surface area contributed by atoms with Gasteiger partial charge in [-0.2, -0.15) is 0 Å². The van der Waals surface area contributed by atoms with Crippen LogP contribution in [-0.4, -0.2) is 54.3 Å². The van der Waals surface area contributed by atoms with Gasteiger partial charge in [0.2, 0.25) is 0 Å². The molecule has 0 saturated carbocycles. The molecule has 2 N–H and O–H groups in total. The molecule has 0 atom stereocenters. The molecule has 0 aliphatic heterocycles. The van der Waals surface area contributed by atoms with Crippen LogP contribution in [0.15, 0.2) is 12.2 Å². The Morgan fingerprint density at radius 3 is 1.07 bits per heavy atom. The molecule has 30 heavy (non-hydrogen) atoms. The van der Waals surface area contributed by atoms with Crippen molar-refractivity contribution >= 4 is 11.9 Å². The molecule has 0 amide bonds. The van der Waals surface area contributed by atoms with Crippen LogP contribution >= 0.6 is 0 Å². The predicted octanol–water partition coefficient (Wildman–Crippen LogP) is 6.67. The second-order valence-electron chi connectivity index (χ2n) is 9.33. The van der Waals surface area contributed by atoms with E-state index in [1.807, 2.05) is 0 Å². The molecule has 178 valence electrons. The molecule has 0 aliphatic carbocycles. The van der Waals surface area contributed by atoms with Crippen molar-refractivity contribution in [2.75, 3.05) is 27.7 Å². The predicted molar refractivity (Wildman–Crippen MR) is 127 cm³/mol. The molecule has 0 heterocycles. The number of rotatable bonds is 19. The first kappa shape index (κ1) is 30.8. The zero-order valence-corrected chi connectivity index (χ0v) is 20.3. The van der Waals surface area contributed by atoms with E-state index in [0.717, 1.165) is 4.48 Å². The summed E-state index contributed by atoms with van der Waals surface area (Å²) in [5, 5.41) is 15.6. The second-order valence-corrected chi connectivity index (χ2v) is 9.33. The zero-order chi connectivity index (χ0) is 23.1. The van der Waals surface area contributed by atoms with Crippen LogP contribution < -0.4 is 0 Å². The van der Waals surface area contributed by atoms with Crippen LogP contribution in [0.5, 0.6) is 0 Å². The van der Waals surface area contributed by atoms with E-state index < -0.39 is 11.9 Å². The molecule has 0 aromatic carbocycles. The van der Waals surface area contributed by atoms with Crippen LogP contribution in [0, 0.1) is 0 Å². The normalized spacial score (nSPS) is 11.3. The fourth-order valence-corrected chi connectivity index (χ4v) is 3.28. The first-order valence-corrected chi connectivity index (χ1v) is 12.1. The molecule has 0 aliphatic rings. The standard InChI is InChI=1S/C21H46N.C4H4O4/c1-5-6-7-8-9-10-11-12-13-14-15-16-17-18-19-20-21-22(2,3)4;5-3(6)1-2-4(7)8/h5-21H2,1-4H3;1-2H,(H,5,6)(H,7,8)/q+1;/b;2-1+. The summed E-state index contributed by atoms with van der Waals surface area (Å²) in [4.78, 5) is 19.1. The van der Waals surface area contributed by atoms with Crippen molar-refractivity contribution in [3.63, 3.8) is 0 Å². The highest BCUT2D eigenvalue weighted by Crippen LogP contribution is 2.13. The van der Waals surface area contributed by atoms with Gasteiger partial charge in [0, 0.05) is 12.2 Å². The van der Waals surface area contributed by atoms with Crippen LogP contribution in [0.1, 0.15) is 110 Å². The van der Waals surface area contributed by atoms with Crippen molar-refractivity contribution in [3.8, 4) is 0 Å². The molecule has 0 unspecified atom stereocenters. The highest BCUT2D eigenvalue weighted by Gasteiger charge is 2.04. The van der Waals surface area contributed by atoms with Gasteiger partial charge in [-0.25, -0.2) is 9.59 Å². The first-order chi connectivity index (χ1) is 14.2. The fourth-order valence-electron chi connectivity index (χ4n) is 3.28. The summed E-state index contributed by atoms with van der Waals surface area (Å²) < 4.78 is 1.12. The van der Waals surface area contributed by atoms with Crippen LogP contribution in [-0.2, 0) is 9.59 Å². The smallest absolute Gasteiger partial charge is 0.328 e. The van der Waals surface area contributed by atoms with E-state index in [-0.39, 0.29) is 0 Å². The Bertz CT molecular complexity index is 411. The second kappa shape index (κ2) is 22.3.